The van der Waals surface area contributed by atoms with E-state index in [2.05, 4.69) is 15.5 Å². The van der Waals surface area contributed by atoms with E-state index in [9.17, 15) is 4.79 Å². The molecule has 4 aromatic rings. The van der Waals surface area contributed by atoms with Gasteiger partial charge in [-0.2, -0.15) is 4.68 Å². The summed E-state index contributed by atoms with van der Waals surface area (Å²) in [5.74, 6) is 1.22. The van der Waals surface area contributed by atoms with Crippen molar-refractivity contribution < 1.29 is 14.3 Å². The Bertz CT molecular complexity index is 1270. The number of aromatic nitrogens is 4. The normalized spacial score (nSPS) is 15.4. The van der Waals surface area contributed by atoms with E-state index in [1.807, 2.05) is 48.5 Å². The lowest BCUT2D eigenvalue weighted by atomic mass is 10.1. The molecule has 30 heavy (non-hydrogen) atoms. The fourth-order valence-corrected chi connectivity index (χ4v) is 4.87. The summed E-state index contributed by atoms with van der Waals surface area (Å²) in [5.41, 5.74) is 2.49. The zero-order chi connectivity index (χ0) is 20.7. The van der Waals surface area contributed by atoms with E-state index in [4.69, 9.17) is 9.47 Å². The fraction of sp³-hybridized carbons (Fsp3) is 0.182. The van der Waals surface area contributed by atoms with Gasteiger partial charge in [-0.15, -0.1) is 5.10 Å². The lowest BCUT2D eigenvalue weighted by molar-refractivity contribution is 0.1000. The third kappa shape index (κ3) is 3.00. The van der Waals surface area contributed by atoms with Crippen molar-refractivity contribution in [3.8, 4) is 17.2 Å². The van der Waals surface area contributed by atoms with Gasteiger partial charge in [-0.1, -0.05) is 48.2 Å². The van der Waals surface area contributed by atoms with Crippen LogP contribution in [0.5, 0.6) is 11.5 Å². The first-order valence-electron chi connectivity index (χ1n) is 9.42. The Kier molecular flexibility index (Phi) is 4.63. The smallest absolute Gasteiger partial charge is 0.214 e. The molecule has 1 atom stereocenters. The van der Waals surface area contributed by atoms with E-state index in [1.54, 1.807) is 25.0 Å². The first-order chi connectivity index (χ1) is 14.7. The molecule has 0 aliphatic heterocycles. The molecule has 0 amide bonds. The zero-order valence-electron chi connectivity index (χ0n) is 16.4. The van der Waals surface area contributed by atoms with Gasteiger partial charge in [0, 0.05) is 10.9 Å². The number of methoxy groups -OCH3 is 2. The van der Waals surface area contributed by atoms with Crippen LogP contribution in [0.2, 0.25) is 0 Å². The third-order valence-electron chi connectivity index (χ3n) is 5.26. The van der Waals surface area contributed by atoms with E-state index in [0.717, 1.165) is 22.0 Å². The van der Waals surface area contributed by atoms with Gasteiger partial charge in [-0.05, 0) is 46.0 Å². The van der Waals surface area contributed by atoms with Crippen molar-refractivity contribution in [3.05, 3.63) is 65.7 Å². The van der Waals surface area contributed by atoms with Gasteiger partial charge in [0.15, 0.2) is 17.3 Å². The molecule has 0 radical (unpaired) electrons. The van der Waals surface area contributed by atoms with Crippen molar-refractivity contribution in [1.82, 2.24) is 20.2 Å². The maximum atomic E-state index is 13.1. The molecule has 0 saturated carbocycles. The van der Waals surface area contributed by atoms with Crippen LogP contribution in [0.25, 0.3) is 16.5 Å². The summed E-state index contributed by atoms with van der Waals surface area (Å²) in [6.07, 6.45) is 0.585. The lowest BCUT2D eigenvalue weighted by Gasteiger charge is -2.10. The van der Waals surface area contributed by atoms with Gasteiger partial charge in [0.1, 0.15) is 0 Å². The zero-order valence-corrected chi connectivity index (χ0v) is 17.2. The summed E-state index contributed by atoms with van der Waals surface area (Å²) in [4.78, 5) is 13.1. The van der Waals surface area contributed by atoms with Crippen LogP contribution in [0.1, 0.15) is 15.9 Å². The van der Waals surface area contributed by atoms with Gasteiger partial charge in [0.2, 0.25) is 5.16 Å². The second-order valence-electron chi connectivity index (χ2n) is 6.91. The van der Waals surface area contributed by atoms with Crippen LogP contribution < -0.4 is 9.47 Å². The number of Topliss-reactive ketones (excluding diaryl/α,β-unsaturated/α-hetero) is 1. The van der Waals surface area contributed by atoms with Gasteiger partial charge < -0.3 is 9.47 Å². The number of tetrazole rings is 1. The molecule has 7 nitrogen and oxygen atoms in total. The van der Waals surface area contributed by atoms with Gasteiger partial charge in [-0.3, -0.25) is 4.79 Å². The molecule has 0 N–H and O–H groups in total. The van der Waals surface area contributed by atoms with E-state index in [-0.39, 0.29) is 11.0 Å². The first kappa shape index (κ1) is 18.6. The van der Waals surface area contributed by atoms with Crippen LogP contribution in [-0.2, 0) is 6.42 Å². The molecule has 0 bridgehead atoms. The molecule has 0 unspecified atom stereocenters. The van der Waals surface area contributed by atoms with Crippen molar-refractivity contribution >= 4 is 28.3 Å². The van der Waals surface area contributed by atoms with Crippen LogP contribution in [0.3, 0.4) is 0 Å². The minimum atomic E-state index is -0.309. The number of ether oxygens (including phenoxy) is 2. The molecule has 1 aliphatic rings. The average molecular weight is 418 g/mol. The van der Waals surface area contributed by atoms with Crippen molar-refractivity contribution in [1.29, 1.82) is 0 Å². The number of carbonyl (C=O) groups is 1. The topological polar surface area (TPSA) is 79.1 Å². The number of carbonyl (C=O) groups excluding carboxylic acids is 1. The first-order valence-corrected chi connectivity index (χ1v) is 10.3. The Labute approximate surface area is 177 Å². The summed E-state index contributed by atoms with van der Waals surface area (Å²) in [7, 11) is 3.15. The molecular formula is C22H18N4O3S. The number of ketones is 1. The maximum Gasteiger partial charge on any atom is 0.214 e. The number of nitrogens with zero attached hydrogens (tertiary/aromatic N) is 4. The van der Waals surface area contributed by atoms with Crippen molar-refractivity contribution in [2.75, 3.05) is 14.2 Å². The summed E-state index contributed by atoms with van der Waals surface area (Å²) in [6.45, 7) is 0. The Morgan fingerprint density at radius 3 is 2.63 bits per heavy atom. The molecule has 5 rings (SSSR count). The molecule has 1 heterocycles. The number of rotatable bonds is 5. The number of hydrogen-bond acceptors (Lipinski definition) is 7. The average Bonchev–Trinajstić information content (AvgIpc) is 3.36. The fourth-order valence-electron chi connectivity index (χ4n) is 3.80. The predicted octanol–water partition coefficient (Wildman–Crippen LogP) is 3.73. The number of thioether (sulfide) groups is 1. The van der Waals surface area contributed by atoms with Crippen molar-refractivity contribution in [2.45, 2.75) is 16.8 Å². The Balaban J connectivity index is 1.48. The quantitative estimate of drug-likeness (QED) is 0.489. The Morgan fingerprint density at radius 2 is 1.80 bits per heavy atom. The van der Waals surface area contributed by atoms with Crippen molar-refractivity contribution in [2.24, 2.45) is 0 Å². The highest BCUT2D eigenvalue weighted by molar-refractivity contribution is 8.00. The van der Waals surface area contributed by atoms with Crippen LogP contribution in [-0.4, -0.2) is 45.5 Å². The largest absolute Gasteiger partial charge is 0.493 e. The van der Waals surface area contributed by atoms with Crippen LogP contribution in [0.15, 0.2) is 59.8 Å². The molecule has 0 spiro atoms. The maximum absolute atomic E-state index is 13.1. The molecule has 8 heteroatoms. The highest BCUT2D eigenvalue weighted by Crippen LogP contribution is 2.39. The minimum absolute atomic E-state index is 0.0448. The molecule has 0 saturated heterocycles. The second-order valence-corrected chi connectivity index (χ2v) is 8.08. The molecular weight excluding hydrogens is 400 g/mol. The number of fused-ring (bicyclic) bond motifs is 2. The second kappa shape index (κ2) is 7.46. The van der Waals surface area contributed by atoms with E-state index >= 15 is 0 Å². The van der Waals surface area contributed by atoms with Crippen LogP contribution in [0.4, 0.5) is 0 Å². The highest BCUT2D eigenvalue weighted by Gasteiger charge is 2.34. The van der Waals surface area contributed by atoms with Gasteiger partial charge in [-0.25, -0.2) is 0 Å². The van der Waals surface area contributed by atoms with Crippen LogP contribution >= 0.6 is 11.8 Å². The molecule has 1 aliphatic carbocycles. The van der Waals surface area contributed by atoms with E-state index in [1.165, 1.54) is 11.8 Å². The summed E-state index contributed by atoms with van der Waals surface area (Å²) < 4.78 is 12.4. The molecule has 0 fully saturated rings. The summed E-state index contributed by atoms with van der Waals surface area (Å²) >= 11 is 1.38. The van der Waals surface area contributed by atoms with E-state index in [0.29, 0.717) is 28.6 Å². The standard InChI is InChI=1S/C22H18N4O3S/c1-28-18-10-14-11-20(21(27)16(14)12-19(18)29-2)30-22-23-24-25-26(22)17-9-5-7-13-6-3-4-8-15(13)17/h3-10,12,20H,11H2,1-2H3/t20-/m1/s1. The highest BCUT2D eigenvalue weighted by atomic mass is 32.2. The molecule has 150 valence electrons. The van der Waals surface area contributed by atoms with E-state index < -0.39 is 0 Å². The third-order valence-corrected chi connectivity index (χ3v) is 6.39. The van der Waals surface area contributed by atoms with Gasteiger partial charge in [0.05, 0.1) is 25.2 Å². The number of hydrogen-bond donors (Lipinski definition) is 0. The van der Waals surface area contributed by atoms with Gasteiger partial charge >= 0.3 is 0 Å². The Morgan fingerprint density at radius 1 is 1.03 bits per heavy atom. The molecule has 3 aromatic carbocycles. The van der Waals surface area contributed by atoms with Gasteiger partial charge in [0.25, 0.3) is 0 Å². The lowest BCUT2D eigenvalue weighted by Crippen LogP contribution is -2.13. The van der Waals surface area contributed by atoms with Crippen molar-refractivity contribution in [3.63, 3.8) is 0 Å². The number of benzene rings is 3. The minimum Gasteiger partial charge on any atom is -0.493 e. The SMILES string of the molecule is COc1cc2c(cc1OC)C(=O)[C@H](Sc1nnnn1-c1cccc3ccccc13)C2. The summed E-state index contributed by atoms with van der Waals surface area (Å²) in [6, 6.07) is 17.7. The van der Waals surface area contributed by atoms with Crippen LogP contribution in [0, 0.1) is 0 Å². The molecule has 1 aromatic heterocycles. The summed E-state index contributed by atoms with van der Waals surface area (Å²) in [5, 5.41) is 14.7. The Hall–Kier alpha value is -3.39. The monoisotopic (exact) mass is 418 g/mol. The predicted molar refractivity (Wildman–Crippen MR) is 114 cm³/mol.